The molecule has 1 nitrogen and oxygen atoms in total. The summed E-state index contributed by atoms with van der Waals surface area (Å²) < 4.78 is 4.60. The number of hydrogen-bond donors (Lipinski definition) is 0. The lowest BCUT2D eigenvalue weighted by molar-refractivity contribution is 1.21. The Kier molecular flexibility index (Phi) is 3.84. The van der Waals surface area contributed by atoms with E-state index in [1.807, 2.05) is 0 Å². The molecular formula is C26H15Br2N. The first-order chi connectivity index (χ1) is 14.2. The molecule has 0 saturated carbocycles. The molecule has 0 unspecified atom stereocenters. The minimum atomic E-state index is 1.09. The Bertz CT molecular complexity index is 1460. The normalized spacial score (nSPS) is 11.8. The lowest BCUT2D eigenvalue weighted by atomic mass is 10.0. The number of rotatable bonds is 1. The van der Waals surface area contributed by atoms with Crippen LogP contribution in [0.25, 0.3) is 49.0 Å². The van der Waals surface area contributed by atoms with Gasteiger partial charge in [-0.1, -0.05) is 80.4 Å². The molecule has 6 aromatic rings. The molecule has 0 amide bonds. The van der Waals surface area contributed by atoms with Crippen LogP contribution in [-0.2, 0) is 0 Å². The Morgan fingerprint density at radius 3 is 1.48 bits per heavy atom. The number of aromatic nitrogens is 1. The number of hydrogen-bond acceptors (Lipinski definition) is 0. The van der Waals surface area contributed by atoms with Gasteiger partial charge in [0.15, 0.2) is 0 Å². The highest BCUT2D eigenvalue weighted by Gasteiger charge is 2.17. The Balaban J connectivity index is 1.92. The quantitative estimate of drug-likeness (QED) is 0.199. The summed E-state index contributed by atoms with van der Waals surface area (Å²) in [4.78, 5) is 0. The zero-order valence-corrected chi connectivity index (χ0v) is 18.5. The van der Waals surface area contributed by atoms with Crippen LogP contribution in [-0.4, -0.2) is 4.57 Å². The molecule has 0 N–H and O–H groups in total. The van der Waals surface area contributed by atoms with Gasteiger partial charge in [0.25, 0.3) is 0 Å². The van der Waals surface area contributed by atoms with Gasteiger partial charge in [0, 0.05) is 30.5 Å². The molecule has 0 radical (unpaired) electrons. The monoisotopic (exact) mass is 499 g/mol. The summed E-state index contributed by atoms with van der Waals surface area (Å²) in [5, 5.41) is 7.52. The SMILES string of the molecule is Brc1ccc2c(c1)c1cc(Br)ccc1n2-c1c2ccccc2cc2ccccc12. The van der Waals surface area contributed by atoms with Crippen molar-refractivity contribution in [2.45, 2.75) is 0 Å². The average Bonchev–Trinajstić information content (AvgIpc) is 3.04. The number of fused-ring (bicyclic) bond motifs is 5. The number of benzene rings is 5. The van der Waals surface area contributed by atoms with Crippen LogP contribution in [0.3, 0.4) is 0 Å². The van der Waals surface area contributed by atoms with E-state index >= 15 is 0 Å². The first-order valence-corrected chi connectivity index (χ1v) is 11.1. The summed E-state index contributed by atoms with van der Waals surface area (Å²) in [5.74, 6) is 0. The van der Waals surface area contributed by atoms with E-state index in [9.17, 15) is 0 Å². The highest BCUT2D eigenvalue weighted by molar-refractivity contribution is 9.10. The molecule has 0 atom stereocenters. The van der Waals surface area contributed by atoms with Crippen LogP contribution >= 0.6 is 31.9 Å². The van der Waals surface area contributed by atoms with Gasteiger partial charge in [-0.3, -0.25) is 0 Å². The third-order valence-electron chi connectivity index (χ3n) is 5.66. The molecule has 29 heavy (non-hydrogen) atoms. The van der Waals surface area contributed by atoms with Crippen molar-refractivity contribution in [2.24, 2.45) is 0 Å². The smallest absolute Gasteiger partial charge is 0.0618 e. The molecule has 5 aromatic carbocycles. The van der Waals surface area contributed by atoms with Crippen LogP contribution in [0.15, 0.2) is 99.9 Å². The van der Waals surface area contributed by atoms with E-state index in [0.717, 1.165) is 8.95 Å². The van der Waals surface area contributed by atoms with E-state index in [1.165, 1.54) is 49.0 Å². The molecule has 1 heterocycles. The van der Waals surface area contributed by atoms with E-state index < -0.39 is 0 Å². The van der Waals surface area contributed by atoms with Crippen LogP contribution in [0.5, 0.6) is 0 Å². The van der Waals surface area contributed by atoms with Gasteiger partial charge in [-0.15, -0.1) is 0 Å². The predicted octanol–water partition coefficient (Wildman–Crippen LogP) is 8.62. The maximum atomic E-state index is 3.66. The average molecular weight is 501 g/mol. The zero-order valence-electron chi connectivity index (χ0n) is 15.4. The highest BCUT2D eigenvalue weighted by Crippen LogP contribution is 2.40. The van der Waals surface area contributed by atoms with Crippen LogP contribution in [0, 0.1) is 0 Å². The second kappa shape index (κ2) is 6.45. The molecule has 0 fully saturated rings. The van der Waals surface area contributed by atoms with Crippen molar-refractivity contribution in [1.82, 2.24) is 4.57 Å². The molecule has 1 aromatic heterocycles. The molecule has 0 aliphatic rings. The van der Waals surface area contributed by atoms with Crippen molar-refractivity contribution in [3.8, 4) is 5.69 Å². The Hall–Kier alpha value is -2.62. The fourth-order valence-electron chi connectivity index (χ4n) is 4.44. The van der Waals surface area contributed by atoms with Crippen molar-refractivity contribution in [3.63, 3.8) is 0 Å². The van der Waals surface area contributed by atoms with Crippen molar-refractivity contribution in [1.29, 1.82) is 0 Å². The Labute approximate surface area is 184 Å². The molecule has 6 rings (SSSR count). The molecule has 0 saturated heterocycles. The lowest BCUT2D eigenvalue weighted by Crippen LogP contribution is -1.97. The fourth-order valence-corrected chi connectivity index (χ4v) is 5.16. The number of nitrogens with zero attached hydrogens (tertiary/aromatic N) is 1. The lowest BCUT2D eigenvalue weighted by Gasteiger charge is -2.15. The maximum absolute atomic E-state index is 3.66. The van der Waals surface area contributed by atoms with Gasteiger partial charge in [-0.05, 0) is 53.2 Å². The van der Waals surface area contributed by atoms with E-state index in [-0.39, 0.29) is 0 Å². The molecule has 138 valence electrons. The topological polar surface area (TPSA) is 4.93 Å². The largest absolute Gasteiger partial charge is 0.308 e. The van der Waals surface area contributed by atoms with Gasteiger partial charge in [0.05, 0.1) is 16.7 Å². The summed E-state index contributed by atoms with van der Waals surface area (Å²) >= 11 is 7.32. The molecule has 0 spiro atoms. The van der Waals surface area contributed by atoms with Crippen LogP contribution < -0.4 is 0 Å². The standard InChI is InChI=1S/C26H15Br2N/c27-18-9-11-24-22(14-18)23-15-19(28)10-12-25(23)29(24)26-20-7-3-1-5-16(20)13-17-6-2-4-8-21(17)26/h1-15H. The van der Waals surface area contributed by atoms with Gasteiger partial charge >= 0.3 is 0 Å². The van der Waals surface area contributed by atoms with Crippen LogP contribution in [0.1, 0.15) is 0 Å². The minimum absolute atomic E-state index is 1.09. The van der Waals surface area contributed by atoms with Crippen molar-refractivity contribution in [3.05, 3.63) is 99.9 Å². The first kappa shape index (κ1) is 17.3. The third-order valence-corrected chi connectivity index (χ3v) is 6.64. The van der Waals surface area contributed by atoms with Gasteiger partial charge in [-0.2, -0.15) is 0 Å². The summed E-state index contributed by atoms with van der Waals surface area (Å²) in [5.41, 5.74) is 3.66. The summed E-state index contributed by atoms with van der Waals surface area (Å²) in [7, 11) is 0. The van der Waals surface area contributed by atoms with Crippen molar-refractivity contribution >= 4 is 75.2 Å². The fraction of sp³-hybridized carbons (Fsp3) is 0. The van der Waals surface area contributed by atoms with E-state index in [0.29, 0.717) is 0 Å². The Morgan fingerprint density at radius 2 is 0.966 bits per heavy atom. The molecule has 0 aliphatic heterocycles. The van der Waals surface area contributed by atoms with E-state index in [2.05, 4.69) is 127 Å². The second-order valence-electron chi connectivity index (χ2n) is 7.33. The molecule has 3 heteroatoms. The number of halogens is 2. The molecule has 0 aliphatic carbocycles. The zero-order chi connectivity index (χ0) is 19.5. The van der Waals surface area contributed by atoms with Crippen LogP contribution in [0.4, 0.5) is 0 Å². The van der Waals surface area contributed by atoms with Gasteiger partial charge < -0.3 is 4.57 Å². The van der Waals surface area contributed by atoms with Crippen LogP contribution in [0.2, 0.25) is 0 Å². The third kappa shape index (κ3) is 2.58. The van der Waals surface area contributed by atoms with Crippen molar-refractivity contribution < 1.29 is 0 Å². The summed E-state index contributed by atoms with van der Waals surface area (Å²) in [6, 6.07) is 32.7. The molecule has 0 bridgehead atoms. The van der Waals surface area contributed by atoms with E-state index in [1.54, 1.807) is 0 Å². The highest BCUT2D eigenvalue weighted by atomic mass is 79.9. The van der Waals surface area contributed by atoms with Gasteiger partial charge in [0.1, 0.15) is 0 Å². The summed E-state index contributed by atoms with van der Waals surface area (Å²) in [6.45, 7) is 0. The second-order valence-corrected chi connectivity index (χ2v) is 9.16. The molecular weight excluding hydrogens is 486 g/mol. The Morgan fingerprint density at radius 1 is 0.483 bits per heavy atom. The summed E-state index contributed by atoms with van der Waals surface area (Å²) in [6.07, 6.45) is 0. The van der Waals surface area contributed by atoms with Crippen molar-refractivity contribution in [2.75, 3.05) is 0 Å². The van der Waals surface area contributed by atoms with E-state index in [4.69, 9.17) is 0 Å². The predicted molar refractivity (Wildman–Crippen MR) is 131 cm³/mol. The minimum Gasteiger partial charge on any atom is -0.308 e. The maximum Gasteiger partial charge on any atom is 0.0618 e. The van der Waals surface area contributed by atoms with Gasteiger partial charge in [0.2, 0.25) is 0 Å². The first-order valence-electron chi connectivity index (χ1n) is 9.51. The van der Waals surface area contributed by atoms with Gasteiger partial charge in [-0.25, -0.2) is 0 Å².